The van der Waals surface area contributed by atoms with E-state index in [-0.39, 0.29) is 0 Å². The normalized spacial score (nSPS) is 14.4. The van der Waals surface area contributed by atoms with Gasteiger partial charge >= 0.3 is 5.97 Å². The minimum Gasteiger partial charge on any atom is -0.478 e. The van der Waals surface area contributed by atoms with Gasteiger partial charge in [-0.1, -0.05) is 5.57 Å². The third kappa shape index (κ3) is 7.24. The van der Waals surface area contributed by atoms with Crippen molar-refractivity contribution in [2.75, 3.05) is 13.1 Å². The predicted molar refractivity (Wildman–Crippen MR) is 45.9 cm³/mol. The zero-order valence-electron chi connectivity index (χ0n) is 7.37. The lowest BCUT2D eigenvalue weighted by atomic mass is 10.3. The Labute approximate surface area is 71.9 Å². The Hall–Kier alpha value is -0.870. The number of aliphatic hydroxyl groups excluding tert-OH is 1. The van der Waals surface area contributed by atoms with E-state index in [9.17, 15) is 4.79 Å². The van der Waals surface area contributed by atoms with Gasteiger partial charge in [0.2, 0.25) is 0 Å². The average Bonchev–Trinajstić information content (AvgIpc) is 1.84. The molecule has 0 bridgehead atoms. The molecule has 3 N–H and O–H groups in total. The van der Waals surface area contributed by atoms with Crippen molar-refractivity contribution in [1.82, 2.24) is 5.32 Å². The number of aliphatic carboxylic acids is 1. The summed E-state index contributed by atoms with van der Waals surface area (Å²) in [6.07, 6.45) is 0.748. The van der Waals surface area contributed by atoms with E-state index >= 15 is 0 Å². The van der Waals surface area contributed by atoms with Crippen molar-refractivity contribution >= 4 is 5.97 Å². The van der Waals surface area contributed by atoms with Crippen LogP contribution in [0.5, 0.6) is 0 Å². The van der Waals surface area contributed by atoms with Gasteiger partial charge in [0.15, 0.2) is 0 Å². The van der Waals surface area contributed by atoms with Crippen LogP contribution in [0.25, 0.3) is 0 Å². The molecule has 0 aliphatic carbocycles. The summed E-state index contributed by atoms with van der Waals surface area (Å²) < 4.78 is 0. The van der Waals surface area contributed by atoms with Crippen molar-refractivity contribution < 1.29 is 15.0 Å². The Balaban J connectivity index is 3.57. The molecule has 0 saturated heterocycles. The standard InChI is InChI=1S/C8H15NO3/c1-6(3-8(11)12)4-9-5-7(2)10/h3,7,9-10H,4-5H2,1-2H3,(H,11,12). The molecule has 1 atom stereocenters. The summed E-state index contributed by atoms with van der Waals surface area (Å²) in [5, 5.41) is 20.1. The van der Waals surface area contributed by atoms with Gasteiger partial charge in [0, 0.05) is 19.2 Å². The summed E-state index contributed by atoms with van der Waals surface area (Å²) in [5.41, 5.74) is 0.739. The molecule has 4 heteroatoms. The molecule has 12 heavy (non-hydrogen) atoms. The van der Waals surface area contributed by atoms with Crippen LogP contribution in [-0.2, 0) is 4.79 Å². The molecule has 4 nitrogen and oxygen atoms in total. The quantitative estimate of drug-likeness (QED) is 0.511. The predicted octanol–water partition coefficient (Wildman–Crippen LogP) is -0.0123. The Bertz CT molecular complexity index is 175. The summed E-state index contributed by atoms with van der Waals surface area (Å²) in [7, 11) is 0. The lowest BCUT2D eigenvalue weighted by molar-refractivity contribution is -0.131. The fourth-order valence-electron chi connectivity index (χ4n) is 0.740. The molecular weight excluding hydrogens is 158 g/mol. The largest absolute Gasteiger partial charge is 0.478 e. The summed E-state index contributed by atoms with van der Waals surface area (Å²) in [4.78, 5) is 10.2. The molecule has 0 saturated carbocycles. The van der Waals surface area contributed by atoms with Crippen LogP contribution >= 0.6 is 0 Å². The van der Waals surface area contributed by atoms with Crippen molar-refractivity contribution in [1.29, 1.82) is 0 Å². The third-order valence-corrected chi connectivity index (χ3v) is 1.21. The van der Waals surface area contributed by atoms with Gasteiger partial charge in [0.05, 0.1) is 6.10 Å². The van der Waals surface area contributed by atoms with Crippen LogP contribution in [0, 0.1) is 0 Å². The molecule has 0 rings (SSSR count). The topological polar surface area (TPSA) is 69.6 Å². The Morgan fingerprint density at radius 2 is 2.25 bits per heavy atom. The van der Waals surface area contributed by atoms with E-state index < -0.39 is 12.1 Å². The van der Waals surface area contributed by atoms with Crippen LogP contribution in [0.1, 0.15) is 13.8 Å². The van der Waals surface area contributed by atoms with Crippen LogP contribution in [0.2, 0.25) is 0 Å². The molecule has 1 unspecified atom stereocenters. The van der Waals surface area contributed by atoms with Crippen LogP contribution in [0.4, 0.5) is 0 Å². The fraction of sp³-hybridized carbons (Fsp3) is 0.625. The first-order valence-corrected chi connectivity index (χ1v) is 3.81. The van der Waals surface area contributed by atoms with E-state index in [1.165, 1.54) is 0 Å². The van der Waals surface area contributed by atoms with Gasteiger partial charge in [0.1, 0.15) is 0 Å². The lowest BCUT2D eigenvalue weighted by Gasteiger charge is -2.05. The number of aliphatic hydroxyl groups is 1. The van der Waals surface area contributed by atoms with E-state index in [4.69, 9.17) is 10.2 Å². The molecule has 0 aromatic carbocycles. The number of nitrogens with one attached hydrogen (secondary N) is 1. The Kier molecular flexibility index (Phi) is 5.32. The first-order chi connectivity index (χ1) is 5.52. The highest BCUT2D eigenvalue weighted by atomic mass is 16.4. The molecule has 70 valence electrons. The van der Waals surface area contributed by atoms with E-state index in [0.29, 0.717) is 13.1 Å². The first kappa shape index (κ1) is 11.1. The highest BCUT2D eigenvalue weighted by Gasteiger charge is 1.96. The number of rotatable bonds is 5. The molecule has 0 amide bonds. The molecule has 0 aliphatic rings. The van der Waals surface area contributed by atoms with Crippen molar-refractivity contribution in [2.45, 2.75) is 20.0 Å². The maximum atomic E-state index is 10.2. The van der Waals surface area contributed by atoms with E-state index in [2.05, 4.69) is 5.32 Å². The van der Waals surface area contributed by atoms with Crippen molar-refractivity contribution in [3.05, 3.63) is 11.6 Å². The number of carboxylic acids is 1. The zero-order valence-corrected chi connectivity index (χ0v) is 7.37. The van der Waals surface area contributed by atoms with Crippen LogP contribution in [0.3, 0.4) is 0 Å². The van der Waals surface area contributed by atoms with Crippen molar-refractivity contribution in [3.63, 3.8) is 0 Å². The minimum atomic E-state index is -0.939. The second-order valence-corrected chi connectivity index (χ2v) is 2.81. The molecule has 0 aromatic rings. The van der Waals surface area contributed by atoms with Crippen molar-refractivity contribution in [2.24, 2.45) is 0 Å². The molecule has 0 aliphatic heterocycles. The molecule has 0 aromatic heterocycles. The molecule has 0 spiro atoms. The monoisotopic (exact) mass is 173 g/mol. The maximum absolute atomic E-state index is 10.2. The summed E-state index contributed by atoms with van der Waals surface area (Å²) in [6, 6.07) is 0. The molecular formula is C8H15NO3. The SMILES string of the molecule is CC(=CC(=O)O)CNCC(C)O. The van der Waals surface area contributed by atoms with E-state index in [0.717, 1.165) is 11.6 Å². The van der Waals surface area contributed by atoms with Crippen LogP contribution in [-0.4, -0.2) is 35.4 Å². The Morgan fingerprint density at radius 3 is 2.67 bits per heavy atom. The van der Waals surface area contributed by atoms with Gasteiger partial charge in [-0.25, -0.2) is 4.79 Å². The van der Waals surface area contributed by atoms with Crippen LogP contribution in [0.15, 0.2) is 11.6 Å². The smallest absolute Gasteiger partial charge is 0.328 e. The summed E-state index contributed by atoms with van der Waals surface area (Å²) >= 11 is 0. The molecule has 0 fully saturated rings. The second kappa shape index (κ2) is 5.74. The van der Waals surface area contributed by atoms with Gasteiger partial charge in [-0.05, 0) is 13.8 Å². The van der Waals surface area contributed by atoms with Gasteiger partial charge in [0.25, 0.3) is 0 Å². The van der Waals surface area contributed by atoms with Crippen molar-refractivity contribution in [3.8, 4) is 0 Å². The average molecular weight is 173 g/mol. The number of hydrogen-bond acceptors (Lipinski definition) is 3. The van der Waals surface area contributed by atoms with Gasteiger partial charge in [-0.2, -0.15) is 0 Å². The Morgan fingerprint density at radius 1 is 1.67 bits per heavy atom. The summed E-state index contributed by atoms with van der Waals surface area (Å²) in [5.74, 6) is -0.939. The summed E-state index contributed by atoms with van der Waals surface area (Å²) in [6.45, 7) is 4.37. The zero-order chi connectivity index (χ0) is 9.56. The lowest BCUT2D eigenvalue weighted by Crippen LogP contribution is -2.25. The van der Waals surface area contributed by atoms with Gasteiger partial charge in [-0.3, -0.25) is 0 Å². The number of carbonyl (C=O) groups is 1. The maximum Gasteiger partial charge on any atom is 0.328 e. The molecule has 0 radical (unpaired) electrons. The van der Waals surface area contributed by atoms with Gasteiger partial charge in [-0.15, -0.1) is 0 Å². The van der Waals surface area contributed by atoms with E-state index in [1.54, 1.807) is 13.8 Å². The van der Waals surface area contributed by atoms with Crippen LogP contribution < -0.4 is 5.32 Å². The highest BCUT2D eigenvalue weighted by molar-refractivity contribution is 5.80. The van der Waals surface area contributed by atoms with E-state index in [1.807, 2.05) is 0 Å². The minimum absolute atomic E-state index is 0.400. The highest BCUT2D eigenvalue weighted by Crippen LogP contribution is 1.89. The number of hydrogen-bond donors (Lipinski definition) is 3. The van der Waals surface area contributed by atoms with Gasteiger partial charge < -0.3 is 15.5 Å². The fourth-order valence-corrected chi connectivity index (χ4v) is 0.740. The third-order valence-electron chi connectivity index (χ3n) is 1.21. The molecule has 0 heterocycles. The second-order valence-electron chi connectivity index (χ2n) is 2.81. The number of carboxylic acid groups (broad SMARTS) is 1. The first-order valence-electron chi connectivity index (χ1n) is 3.81.